The normalized spacial score (nSPS) is 11.4. The van der Waals surface area contributed by atoms with Gasteiger partial charge in [-0.1, -0.05) is 30.3 Å². The van der Waals surface area contributed by atoms with Crippen LogP contribution >= 0.6 is 0 Å². The van der Waals surface area contributed by atoms with E-state index in [4.69, 9.17) is 8.83 Å². The zero-order chi connectivity index (χ0) is 18.4. The van der Waals surface area contributed by atoms with Gasteiger partial charge < -0.3 is 14.2 Å². The molecule has 27 heavy (non-hydrogen) atoms. The summed E-state index contributed by atoms with van der Waals surface area (Å²) in [4.78, 5) is 24.4. The average Bonchev–Trinajstić information content (AvgIpc) is 3.19. The molecule has 1 N–H and O–H groups in total. The summed E-state index contributed by atoms with van der Waals surface area (Å²) in [5.41, 5.74) is 3.14. The Kier molecular flexibility index (Phi) is 3.36. The van der Waals surface area contributed by atoms with Crippen molar-refractivity contribution >= 4 is 44.6 Å². The van der Waals surface area contributed by atoms with Crippen molar-refractivity contribution < 1.29 is 13.6 Å². The third kappa shape index (κ3) is 2.58. The zero-order valence-corrected chi connectivity index (χ0v) is 14.1. The van der Waals surface area contributed by atoms with Crippen LogP contribution in [0.5, 0.6) is 0 Å². The number of hydrogen-bond donors (Lipinski definition) is 1. The van der Waals surface area contributed by atoms with Crippen molar-refractivity contribution in [2.24, 2.45) is 0 Å². The smallest absolute Gasteiger partial charge is 0.420 e. The number of amides is 1. The number of para-hydroxylation sites is 3. The Labute approximate surface area is 152 Å². The molecule has 6 heteroatoms. The Balaban J connectivity index is 1.44. The molecule has 1 amide bonds. The standard InChI is InChI=1S/C21H14N2O4/c24-20(12-23-16-6-2-4-8-18(16)27-21(23)25)22-13-9-10-15-14-5-1-3-7-17(14)26-19(15)11-13/h1-11H,12H2,(H,22,24). The first-order valence-electron chi connectivity index (χ1n) is 8.48. The van der Waals surface area contributed by atoms with Crippen molar-refractivity contribution in [3.05, 3.63) is 77.3 Å². The molecule has 3 aromatic carbocycles. The van der Waals surface area contributed by atoms with Gasteiger partial charge in [0.15, 0.2) is 5.58 Å². The minimum absolute atomic E-state index is 0.131. The Morgan fingerprint density at radius 1 is 0.852 bits per heavy atom. The summed E-state index contributed by atoms with van der Waals surface area (Å²) >= 11 is 0. The largest absolute Gasteiger partial charge is 0.456 e. The first-order chi connectivity index (χ1) is 13.2. The molecule has 5 aromatic rings. The maximum atomic E-state index is 12.4. The summed E-state index contributed by atoms with van der Waals surface area (Å²) in [5, 5.41) is 4.82. The third-order valence-electron chi connectivity index (χ3n) is 4.54. The van der Waals surface area contributed by atoms with Gasteiger partial charge in [0.25, 0.3) is 0 Å². The van der Waals surface area contributed by atoms with Gasteiger partial charge in [-0.15, -0.1) is 0 Å². The molecule has 0 spiro atoms. The second kappa shape index (κ2) is 5.88. The molecule has 0 fully saturated rings. The van der Waals surface area contributed by atoms with E-state index in [0.29, 0.717) is 22.4 Å². The molecular weight excluding hydrogens is 344 g/mol. The van der Waals surface area contributed by atoms with E-state index in [-0.39, 0.29) is 12.5 Å². The van der Waals surface area contributed by atoms with Crippen LogP contribution in [0.1, 0.15) is 0 Å². The number of aromatic nitrogens is 1. The molecule has 0 radical (unpaired) electrons. The summed E-state index contributed by atoms with van der Waals surface area (Å²) in [7, 11) is 0. The van der Waals surface area contributed by atoms with Crippen LogP contribution in [0.2, 0.25) is 0 Å². The van der Waals surface area contributed by atoms with Crippen LogP contribution in [0.4, 0.5) is 5.69 Å². The first-order valence-corrected chi connectivity index (χ1v) is 8.48. The number of nitrogens with zero attached hydrogens (tertiary/aromatic N) is 1. The van der Waals surface area contributed by atoms with Crippen molar-refractivity contribution in [2.45, 2.75) is 6.54 Å². The van der Waals surface area contributed by atoms with Crippen LogP contribution in [0.15, 0.2) is 80.4 Å². The lowest BCUT2D eigenvalue weighted by atomic mass is 10.1. The molecule has 0 bridgehead atoms. The van der Waals surface area contributed by atoms with E-state index in [1.54, 1.807) is 30.3 Å². The molecule has 2 aromatic heterocycles. The van der Waals surface area contributed by atoms with Gasteiger partial charge >= 0.3 is 5.76 Å². The molecular formula is C21H14N2O4. The van der Waals surface area contributed by atoms with E-state index in [9.17, 15) is 9.59 Å². The minimum Gasteiger partial charge on any atom is -0.456 e. The molecule has 0 aliphatic rings. The Bertz CT molecular complexity index is 1370. The van der Waals surface area contributed by atoms with E-state index in [0.717, 1.165) is 16.4 Å². The molecule has 6 nitrogen and oxygen atoms in total. The van der Waals surface area contributed by atoms with E-state index in [1.807, 2.05) is 36.4 Å². The molecule has 132 valence electrons. The molecule has 0 aliphatic heterocycles. The monoisotopic (exact) mass is 358 g/mol. The van der Waals surface area contributed by atoms with Crippen molar-refractivity contribution in [2.75, 3.05) is 5.32 Å². The summed E-state index contributed by atoms with van der Waals surface area (Å²) < 4.78 is 12.3. The summed E-state index contributed by atoms with van der Waals surface area (Å²) in [6, 6.07) is 20.3. The number of oxazole rings is 1. The van der Waals surface area contributed by atoms with Crippen LogP contribution in [-0.4, -0.2) is 10.5 Å². The zero-order valence-electron chi connectivity index (χ0n) is 14.1. The topological polar surface area (TPSA) is 77.4 Å². The van der Waals surface area contributed by atoms with E-state index in [2.05, 4.69) is 5.32 Å². The number of carbonyl (C=O) groups excluding carboxylic acids is 1. The molecule has 0 saturated heterocycles. The van der Waals surface area contributed by atoms with Crippen molar-refractivity contribution in [3.63, 3.8) is 0 Å². The maximum absolute atomic E-state index is 12.4. The number of carbonyl (C=O) groups is 1. The number of nitrogens with one attached hydrogen (secondary N) is 1. The van der Waals surface area contributed by atoms with E-state index >= 15 is 0 Å². The summed E-state index contributed by atoms with van der Waals surface area (Å²) in [6.07, 6.45) is 0. The maximum Gasteiger partial charge on any atom is 0.420 e. The van der Waals surface area contributed by atoms with Gasteiger partial charge in [-0.2, -0.15) is 0 Å². The highest BCUT2D eigenvalue weighted by Gasteiger charge is 2.13. The highest BCUT2D eigenvalue weighted by atomic mass is 16.4. The van der Waals surface area contributed by atoms with Crippen LogP contribution in [0.3, 0.4) is 0 Å². The predicted octanol–water partition coefficient (Wildman–Crippen LogP) is 4.13. The fourth-order valence-electron chi connectivity index (χ4n) is 3.31. The van der Waals surface area contributed by atoms with Crippen LogP contribution in [0.25, 0.3) is 33.0 Å². The second-order valence-electron chi connectivity index (χ2n) is 6.28. The SMILES string of the molecule is O=C(Cn1c(=O)oc2ccccc21)Nc1ccc2c(c1)oc1ccccc12. The Morgan fingerprint density at radius 2 is 1.59 bits per heavy atom. The van der Waals surface area contributed by atoms with Gasteiger partial charge in [-0.25, -0.2) is 4.79 Å². The van der Waals surface area contributed by atoms with Crippen molar-refractivity contribution in [1.29, 1.82) is 0 Å². The van der Waals surface area contributed by atoms with Gasteiger partial charge in [-0.3, -0.25) is 9.36 Å². The lowest BCUT2D eigenvalue weighted by Gasteiger charge is -2.05. The predicted molar refractivity (Wildman–Crippen MR) is 103 cm³/mol. The van der Waals surface area contributed by atoms with Crippen LogP contribution in [0, 0.1) is 0 Å². The fourth-order valence-corrected chi connectivity index (χ4v) is 3.31. The lowest BCUT2D eigenvalue weighted by Crippen LogP contribution is -2.24. The highest BCUT2D eigenvalue weighted by molar-refractivity contribution is 6.06. The Hall–Kier alpha value is -3.80. The number of benzene rings is 3. The lowest BCUT2D eigenvalue weighted by molar-refractivity contribution is -0.116. The third-order valence-corrected chi connectivity index (χ3v) is 4.54. The summed E-state index contributed by atoms with van der Waals surface area (Å²) in [6.45, 7) is -0.131. The van der Waals surface area contributed by atoms with Gasteiger partial charge in [-0.05, 0) is 30.3 Å². The number of furan rings is 1. The van der Waals surface area contributed by atoms with E-state index in [1.165, 1.54) is 4.57 Å². The van der Waals surface area contributed by atoms with Gasteiger partial charge in [0.2, 0.25) is 5.91 Å². The average molecular weight is 358 g/mol. The molecule has 2 heterocycles. The van der Waals surface area contributed by atoms with Crippen molar-refractivity contribution in [1.82, 2.24) is 4.57 Å². The minimum atomic E-state index is -0.556. The van der Waals surface area contributed by atoms with E-state index < -0.39 is 5.76 Å². The van der Waals surface area contributed by atoms with Gasteiger partial charge in [0.05, 0.1) is 5.52 Å². The fraction of sp³-hybridized carbons (Fsp3) is 0.0476. The highest BCUT2D eigenvalue weighted by Crippen LogP contribution is 2.30. The van der Waals surface area contributed by atoms with Crippen molar-refractivity contribution in [3.8, 4) is 0 Å². The number of rotatable bonds is 3. The molecule has 0 saturated carbocycles. The number of anilines is 1. The summed E-state index contributed by atoms with van der Waals surface area (Å²) in [5.74, 6) is -0.877. The molecule has 0 atom stereocenters. The van der Waals surface area contributed by atoms with Gasteiger partial charge in [0.1, 0.15) is 17.7 Å². The number of fused-ring (bicyclic) bond motifs is 4. The van der Waals surface area contributed by atoms with Gasteiger partial charge in [0, 0.05) is 22.5 Å². The Morgan fingerprint density at radius 3 is 2.48 bits per heavy atom. The first kappa shape index (κ1) is 15.5. The molecule has 5 rings (SSSR count). The quantitative estimate of drug-likeness (QED) is 0.526. The van der Waals surface area contributed by atoms with Crippen LogP contribution < -0.4 is 11.1 Å². The number of hydrogen-bond acceptors (Lipinski definition) is 4. The second-order valence-corrected chi connectivity index (χ2v) is 6.28. The van der Waals surface area contributed by atoms with Crippen LogP contribution in [-0.2, 0) is 11.3 Å². The molecule has 0 unspecified atom stereocenters. The molecule has 0 aliphatic carbocycles.